The van der Waals surface area contributed by atoms with Gasteiger partial charge in [0.2, 0.25) is 11.8 Å². The van der Waals surface area contributed by atoms with E-state index in [1.165, 1.54) is 19.0 Å². The van der Waals surface area contributed by atoms with Gasteiger partial charge >= 0.3 is 16.2 Å². The first-order valence-corrected chi connectivity index (χ1v) is 23.4. The molecule has 2 fully saturated rings. The van der Waals surface area contributed by atoms with Crippen molar-refractivity contribution in [1.82, 2.24) is 28.5 Å². The molecular formula is C44H62N6O8S2. The van der Waals surface area contributed by atoms with E-state index in [1.54, 1.807) is 32.1 Å². The monoisotopic (exact) mass is 866 g/mol. The summed E-state index contributed by atoms with van der Waals surface area (Å²) in [7, 11) is -1.49. The fraction of sp³-hybridized carbons (Fsp3) is 0.636. The molecule has 6 rings (SSSR count). The minimum absolute atomic E-state index is 0.0488. The molecule has 2 aliphatic heterocycles. The largest absolute Gasteiger partial charge is 0.460 e. The molecule has 0 bridgehead atoms. The van der Waals surface area contributed by atoms with Crippen molar-refractivity contribution >= 4 is 56.1 Å². The molecule has 1 saturated carbocycles. The van der Waals surface area contributed by atoms with Crippen molar-refractivity contribution < 1.29 is 37.1 Å². The molecule has 1 aromatic carbocycles. The van der Waals surface area contributed by atoms with Crippen molar-refractivity contribution in [3.63, 3.8) is 0 Å². The maximum Gasteiger partial charge on any atom is 0.307 e. The van der Waals surface area contributed by atoms with E-state index < -0.39 is 51.2 Å². The number of nitrogens with one attached hydrogen (secondary N) is 1. The van der Waals surface area contributed by atoms with Gasteiger partial charge in [0.05, 0.1) is 35.6 Å². The number of carbonyl (C=O) groups is 4. The zero-order valence-electron chi connectivity index (χ0n) is 36.7. The first-order valence-electron chi connectivity index (χ1n) is 21.1. The fourth-order valence-corrected chi connectivity index (χ4v) is 9.96. The van der Waals surface area contributed by atoms with Gasteiger partial charge in [-0.1, -0.05) is 51.8 Å². The average Bonchev–Trinajstić information content (AvgIpc) is 3.51. The van der Waals surface area contributed by atoms with Gasteiger partial charge in [-0.25, -0.2) is 9.71 Å². The Balaban J connectivity index is 1.36. The van der Waals surface area contributed by atoms with Crippen molar-refractivity contribution in [3.05, 3.63) is 41.4 Å². The van der Waals surface area contributed by atoms with Gasteiger partial charge in [0.25, 0.3) is 6.01 Å². The Hall–Kier alpha value is -4.15. The van der Waals surface area contributed by atoms with E-state index in [0.717, 1.165) is 50.9 Å². The van der Waals surface area contributed by atoms with Crippen LogP contribution in [0.3, 0.4) is 0 Å². The first-order chi connectivity index (χ1) is 28.0. The third-order valence-electron chi connectivity index (χ3n) is 11.6. The third kappa shape index (κ3) is 9.97. The van der Waals surface area contributed by atoms with Crippen LogP contribution in [0.4, 0.5) is 0 Å². The zero-order chi connectivity index (χ0) is 43.9. The quantitative estimate of drug-likeness (QED) is 0.172. The highest BCUT2D eigenvalue weighted by molar-refractivity contribution is 7.87. The van der Waals surface area contributed by atoms with Crippen LogP contribution >= 0.6 is 11.3 Å². The van der Waals surface area contributed by atoms with Crippen molar-refractivity contribution in [1.29, 1.82) is 0 Å². The van der Waals surface area contributed by atoms with Crippen molar-refractivity contribution in [2.45, 2.75) is 142 Å². The minimum Gasteiger partial charge on any atom is -0.460 e. The maximum atomic E-state index is 14.8. The zero-order valence-corrected chi connectivity index (χ0v) is 38.4. The molecule has 16 heteroatoms. The number of hydrogen-bond donors (Lipinski definition) is 1. The van der Waals surface area contributed by atoms with E-state index in [1.807, 2.05) is 48.8 Å². The highest BCUT2D eigenvalue weighted by atomic mass is 32.2. The number of thiazole rings is 1. The molecule has 4 heterocycles. The lowest BCUT2D eigenvalue weighted by Crippen LogP contribution is -2.47. The van der Waals surface area contributed by atoms with Crippen LogP contribution < -0.4 is 9.46 Å². The van der Waals surface area contributed by atoms with Gasteiger partial charge in [-0.15, -0.1) is 11.3 Å². The summed E-state index contributed by atoms with van der Waals surface area (Å²) in [5.74, 6) is -3.05. The number of Topliss-reactive ketones (excluding diaryl/α,β-unsaturated/α-hetero) is 1. The standard InChI is InChI=1S/C44H62N6O8S2/c1-27(2)50-32-20-16-19-31(38-45-35(26-59-38)42(3,4)5)37(32)46-41(50)57-30-22-33-34(51)24-44(40(54)47-60(55,56)48(9)10)23-29(44)18-15-13-11-12-14-17-28(39(53)49(33)25-30)21-36(52)58-43(6,7)8/h15-16,18-20,26-30,33H,11-14,17,21-25H2,1-10H3,(H,47,54)/b18-15-/t28-,29+,30-,33+,44-/m1/s1. The molecule has 14 nitrogen and oxygen atoms in total. The van der Waals surface area contributed by atoms with Crippen molar-refractivity contribution in [2.75, 3.05) is 20.6 Å². The van der Waals surface area contributed by atoms with Crippen LogP contribution in [0.5, 0.6) is 6.01 Å². The van der Waals surface area contributed by atoms with Gasteiger partial charge in [0.15, 0.2) is 5.78 Å². The molecule has 2 aromatic heterocycles. The lowest BCUT2D eigenvalue weighted by Gasteiger charge is -2.29. The van der Waals surface area contributed by atoms with E-state index in [-0.39, 0.29) is 54.9 Å². The number of amides is 2. The Bertz CT molecular complexity index is 2250. The number of ketones is 1. The van der Waals surface area contributed by atoms with Gasteiger partial charge in [-0.3, -0.25) is 23.7 Å². The topological polar surface area (TPSA) is 170 Å². The van der Waals surface area contributed by atoms with Crippen LogP contribution in [0.1, 0.15) is 125 Å². The molecule has 0 unspecified atom stereocenters. The summed E-state index contributed by atoms with van der Waals surface area (Å²) in [6, 6.07) is 5.25. The molecule has 5 atom stereocenters. The molecule has 1 N–H and O–H groups in total. The van der Waals surface area contributed by atoms with Gasteiger partial charge < -0.3 is 14.4 Å². The number of nitrogens with zero attached hydrogens (tertiary/aromatic N) is 5. The minimum atomic E-state index is -4.13. The molecule has 60 heavy (non-hydrogen) atoms. The van der Waals surface area contributed by atoms with Gasteiger partial charge in [-0.2, -0.15) is 17.7 Å². The summed E-state index contributed by atoms with van der Waals surface area (Å²) in [5.41, 5.74) is 1.27. The molecule has 328 valence electrons. The Labute approximate surface area is 358 Å². The second kappa shape index (κ2) is 17.3. The number of ether oxygens (including phenoxy) is 2. The Kier molecular flexibility index (Phi) is 13.1. The van der Waals surface area contributed by atoms with Crippen LogP contribution in [0, 0.1) is 17.3 Å². The summed E-state index contributed by atoms with van der Waals surface area (Å²) in [6.45, 7) is 15.8. The van der Waals surface area contributed by atoms with E-state index >= 15 is 0 Å². The SMILES string of the molecule is CC(C)n1c(O[C@@H]2C[C@H]3C(=O)C[C@]4(C(=O)NS(=O)(=O)N(C)C)C[C@@H]4/C=C\CCCCC[C@H](CC(=O)OC(C)(C)C)C(=O)N3C2)nc2c(-c3nc(C(C)(C)C)cs3)cccc21. The van der Waals surface area contributed by atoms with E-state index in [9.17, 15) is 27.6 Å². The average molecular weight is 867 g/mol. The molecule has 2 amide bonds. The number of aromatic nitrogens is 3. The van der Waals surface area contributed by atoms with Crippen LogP contribution in [0.2, 0.25) is 0 Å². The first kappa shape index (κ1) is 45.4. The van der Waals surface area contributed by atoms with Crippen LogP contribution in [-0.4, -0.2) is 94.1 Å². The second-order valence-corrected chi connectivity index (χ2v) is 21.9. The van der Waals surface area contributed by atoms with Gasteiger partial charge in [-0.05, 0) is 78.4 Å². The lowest BCUT2D eigenvalue weighted by molar-refractivity contribution is -0.159. The number of hydrogen-bond acceptors (Lipinski definition) is 11. The summed E-state index contributed by atoms with van der Waals surface area (Å²) in [5, 5.41) is 2.91. The van der Waals surface area contributed by atoms with E-state index in [2.05, 4.69) is 30.9 Å². The van der Waals surface area contributed by atoms with E-state index in [0.29, 0.717) is 25.3 Å². The maximum absolute atomic E-state index is 14.8. The summed E-state index contributed by atoms with van der Waals surface area (Å²) >= 11 is 1.56. The van der Waals surface area contributed by atoms with Crippen LogP contribution in [0.15, 0.2) is 35.7 Å². The molecule has 1 saturated heterocycles. The smallest absolute Gasteiger partial charge is 0.307 e. The highest BCUT2D eigenvalue weighted by Gasteiger charge is 2.61. The van der Waals surface area contributed by atoms with Crippen molar-refractivity contribution in [2.24, 2.45) is 17.3 Å². The number of esters is 1. The second-order valence-electron chi connectivity index (χ2n) is 19.2. The Morgan fingerprint density at radius 2 is 1.80 bits per heavy atom. The summed E-state index contributed by atoms with van der Waals surface area (Å²) in [6.07, 6.45) is 6.72. The molecule has 0 spiro atoms. The number of carbonyl (C=O) groups excluding carboxylic acids is 4. The van der Waals surface area contributed by atoms with Crippen LogP contribution in [-0.2, 0) is 39.5 Å². The normalized spacial score (nSPS) is 25.1. The lowest BCUT2D eigenvalue weighted by atomic mass is 9.90. The summed E-state index contributed by atoms with van der Waals surface area (Å²) in [4.78, 5) is 68.1. The van der Waals surface area contributed by atoms with Gasteiger partial charge in [0, 0.05) is 55.3 Å². The summed E-state index contributed by atoms with van der Waals surface area (Å²) < 4.78 is 43.2. The molecule has 3 aromatic rings. The molecule has 3 aliphatic rings. The molecule has 1 aliphatic carbocycles. The highest BCUT2D eigenvalue weighted by Crippen LogP contribution is 2.57. The third-order valence-corrected chi connectivity index (χ3v) is 13.9. The number of fused-ring (bicyclic) bond motifs is 3. The van der Waals surface area contributed by atoms with Crippen LogP contribution in [0.25, 0.3) is 21.6 Å². The predicted molar refractivity (Wildman–Crippen MR) is 232 cm³/mol. The Morgan fingerprint density at radius 3 is 2.45 bits per heavy atom. The molecule has 0 radical (unpaired) electrons. The number of allylic oxidation sites excluding steroid dienone is 2. The van der Waals surface area contributed by atoms with E-state index in [4.69, 9.17) is 19.4 Å². The number of para-hydroxylation sites is 1. The molecular weight excluding hydrogens is 805 g/mol. The number of imidazole rings is 1. The Morgan fingerprint density at radius 1 is 1.07 bits per heavy atom. The number of rotatable bonds is 9. The predicted octanol–water partition coefficient (Wildman–Crippen LogP) is 7.14. The van der Waals surface area contributed by atoms with Gasteiger partial charge in [0.1, 0.15) is 22.2 Å². The number of benzene rings is 1. The van der Waals surface area contributed by atoms with Crippen molar-refractivity contribution in [3.8, 4) is 16.6 Å². The fourth-order valence-electron chi connectivity index (χ4n) is 8.26.